The summed E-state index contributed by atoms with van der Waals surface area (Å²) < 4.78 is 31.0. The number of halogens is 3. The van der Waals surface area contributed by atoms with E-state index in [1.54, 1.807) is 41.7 Å². The molecule has 32 heavy (non-hydrogen) atoms. The largest absolute Gasteiger partial charge is 0.480 e. The van der Waals surface area contributed by atoms with Crippen LogP contribution in [0.5, 0.6) is 0 Å². The van der Waals surface area contributed by atoms with Crippen LogP contribution in [-0.4, -0.2) is 49.0 Å². The number of nitrogens with zero attached hydrogens (tertiary/aromatic N) is 3. The third-order valence-corrected chi connectivity index (χ3v) is 5.94. The topological polar surface area (TPSA) is 128 Å². The van der Waals surface area contributed by atoms with Crippen LogP contribution in [0.2, 0.25) is 0 Å². The van der Waals surface area contributed by atoms with Gasteiger partial charge in [0.2, 0.25) is 0 Å². The number of nitriles is 1. The smallest absolute Gasteiger partial charge is 0.377 e. The number of fused-ring (bicyclic) bond motifs is 1. The van der Waals surface area contributed by atoms with Gasteiger partial charge in [0.25, 0.3) is 0 Å². The molecule has 0 spiro atoms. The number of benzene rings is 2. The molecule has 1 amide bonds. The van der Waals surface area contributed by atoms with E-state index in [1.807, 2.05) is 0 Å². The summed E-state index contributed by atoms with van der Waals surface area (Å²) >= 11 is 3.08. The Morgan fingerprint density at radius 3 is 2.53 bits per heavy atom. The number of imidazole rings is 1. The van der Waals surface area contributed by atoms with Gasteiger partial charge in [-0.3, -0.25) is 9.36 Å². The zero-order chi connectivity index (χ0) is 23.6. The van der Waals surface area contributed by atoms with Crippen LogP contribution in [0.3, 0.4) is 0 Å². The normalized spacial score (nSPS) is 13.4. The molecule has 3 rings (SSSR count). The van der Waals surface area contributed by atoms with E-state index < -0.39 is 29.3 Å². The lowest BCUT2D eigenvalue weighted by Crippen LogP contribution is -2.52. The Morgan fingerprint density at radius 2 is 1.94 bits per heavy atom. The number of carbonyl (C=O) groups is 2. The van der Waals surface area contributed by atoms with Gasteiger partial charge in [-0.15, -0.1) is 0 Å². The molecule has 1 heterocycles. The van der Waals surface area contributed by atoms with Crippen molar-refractivity contribution >= 4 is 50.3 Å². The quantitative estimate of drug-likeness (QED) is 0.404. The number of carboxylic acids is 1. The second kappa shape index (κ2) is 9.23. The molecular formula is C20H15BrF2N4O4S. The summed E-state index contributed by atoms with van der Waals surface area (Å²) in [4.78, 5) is 27.2. The molecule has 0 saturated heterocycles. The Labute approximate surface area is 193 Å². The Balaban J connectivity index is 2.00. The number of hydrogen-bond donors (Lipinski definition) is 3. The van der Waals surface area contributed by atoms with Crippen LogP contribution < -0.4 is 5.32 Å². The molecule has 0 aliphatic carbocycles. The minimum Gasteiger partial charge on any atom is -0.480 e. The van der Waals surface area contributed by atoms with Crippen LogP contribution in [0.25, 0.3) is 16.5 Å². The van der Waals surface area contributed by atoms with Crippen LogP contribution in [-0.2, 0) is 9.59 Å². The van der Waals surface area contributed by atoms with Crippen molar-refractivity contribution in [3.8, 4) is 11.8 Å². The number of nitrogens with one attached hydrogen (secondary N) is 1. The first kappa shape index (κ1) is 23.6. The summed E-state index contributed by atoms with van der Waals surface area (Å²) in [5.41, 5.74) is 0.840. The van der Waals surface area contributed by atoms with E-state index in [9.17, 15) is 28.7 Å². The van der Waals surface area contributed by atoms with Gasteiger partial charge < -0.3 is 15.5 Å². The highest BCUT2D eigenvalue weighted by atomic mass is 79.9. The average Bonchev–Trinajstić information content (AvgIpc) is 3.09. The highest BCUT2D eigenvalue weighted by molar-refractivity contribution is 9.10. The summed E-state index contributed by atoms with van der Waals surface area (Å²) in [5, 5.41) is 26.3. The summed E-state index contributed by atoms with van der Waals surface area (Å²) in [6, 6.07) is 10.2. The molecule has 2 unspecified atom stereocenters. The Hall–Kier alpha value is -3.01. The van der Waals surface area contributed by atoms with E-state index in [0.29, 0.717) is 26.6 Å². The van der Waals surface area contributed by atoms with Gasteiger partial charge in [-0.1, -0.05) is 24.3 Å². The standard InChI is InChI=1S/C20H15BrF2N4O4S/c1-10(28)16(17(29)30)26-18(31)20(22,23)32-19-25-9-15(21)27(19)14-7-6-11(8-24)12-4-2-3-5-13(12)14/h2-7,9-10,16,28H,1H3,(H,26,31)(H,29,30). The van der Waals surface area contributed by atoms with Gasteiger partial charge in [0.15, 0.2) is 11.2 Å². The lowest BCUT2D eigenvalue weighted by atomic mass is 10.0. The van der Waals surface area contributed by atoms with Crippen molar-refractivity contribution in [2.45, 2.75) is 29.5 Å². The number of aliphatic hydroxyl groups excluding tert-OH is 1. The SMILES string of the molecule is CC(O)C(NC(=O)C(F)(F)Sc1ncc(Br)n1-c1ccc(C#N)c2ccccc12)C(=O)O. The minimum absolute atomic E-state index is 0.183. The molecule has 8 nitrogen and oxygen atoms in total. The number of amides is 1. The second-order valence-electron chi connectivity index (χ2n) is 6.64. The number of carboxylic acid groups (broad SMARTS) is 1. The van der Waals surface area contributed by atoms with Crippen molar-refractivity contribution in [1.29, 1.82) is 5.26 Å². The maximum Gasteiger partial charge on any atom is 0.377 e. The predicted octanol–water partition coefficient (Wildman–Crippen LogP) is 3.29. The molecule has 12 heteroatoms. The van der Waals surface area contributed by atoms with Crippen LogP contribution >= 0.6 is 27.7 Å². The van der Waals surface area contributed by atoms with Crippen molar-refractivity contribution < 1.29 is 28.6 Å². The summed E-state index contributed by atoms with van der Waals surface area (Å²) in [6.07, 6.45) is -0.308. The molecule has 2 atom stereocenters. The number of carbonyl (C=O) groups excluding carboxylic acids is 1. The number of hydrogen-bond acceptors (Lipinski definition) is 6. The number of alkyl halides is 2. The predicted molar refractivity (Wildman–Crippen MR) is 116 cm³/mol. The average molecular weight is 525 g/mol. The summed E-state index contributed by atoms with van der Waals surface area (Å²) in [7, 11) is 0. The number of rotatable bonds is 7. The Morgan fingerprint density at radius 1 is 1.28 bits per heavy atom. The summed E-state index contributed by atoms with van der Waals surface area (Å²) in [6.45, 7) is 1.06. The zero-order valence-electron chi connectivity index (χ0n) is 16.3. The molecule has 3 N–H and O–H groups in total. The van der Waals surface area contributed by atoms with Gasteiger partial charge in [0, 0.05) is 10.8 Å². The molecule has 2 aromatic carbocycles. The molecule has 3 aromatic rings. The third kappa shape index (κ3) is 4.59. The second-order valence-corrected chi connectivity index (χ2v) is 8.53. The molecule has 0 bridgehead atoms. The van der Waals surface area contributed by atoms with Gasteiger partial charge in [-0.25, -0.2) is 9.78 Å². The molecular weight excluding hydrogens is 510 g/mol. The highest BCUT2D eigenvalue weighted by Gasteiger charge is 2.44. The van der Waals surface area contributed by atoms with Gasteiger partial charge in [0.05, 0.1) is 29.6 Å². The number of aromatic nitrogens is 2. The third-order valence-electron chi connectivity index (χ3n) is 4.47. The number of aliphatic hydroxyl groups is 1. The lowest BCUT2D eigenvalue weighted by molar-refractivity contribution is -0.148. The molecule has 1 aromatic heterocycles. The fraction of sp³-hybridized carbons (Fsp3) is 0.200. The molecule has 0 fully saturated rings. The van der Waals surface area contributed by atoms with E-state index in [-0.39, 0.29) is 16.9 Å². The molecule has 0 saturated carbocycles. The van der Waals surface area contributed by atoms with E-state index in [1.165, 1.54) is 10.8 Å². The number of aliphatic carboxylic acids is 1. The van der Waals surface area contributed by atoms with Gasteiger partial charge in [0.1, 0.15) is 4.60 Å². The fourth-order valence-corrected chi connectivity index (χ4v) is 4.31. The van der Waals surface area contributed by atoms with Crippen molar-refractivity contribution in [3.63, 3.8) is 0 Å². The van der Waals surface area contributed by atoms with Crippen molar-refractivity contribution in [1.82, 2.24) is 14.9 Å². The minimum atomic E-state index is -4.10. The van der Waals surface area contributed by atoms with Crippen LogP contribution in [0, 0.1) is 11.3 Å². The Kier molecular flexibility index (Phi) is 6.82. The van der Waals surface area contributed by atoms with Gasteiger partial charge in [-0.2, -0.15) is 14.0 Å². The maximum atomic E-state index is 14.7. The van der Waals surface area contributed by atoms with E-state index >= 15 is 0 Å². The molecule has 0 radical (unpaired) electrons. The van der Waals surface area contributed by atoms with Crippen molar-refractivity contribution in [3.05, 3.63) is 52.8 Å². The van der Waals surface area contributed by atoms with E-state index in [2.05, 4.69) is 27.0 Å². The molecule has 0 aliphatic heterocycles. The van der Waals surface area contributed by atoms with E-state index in [0.717, 1.165) is 6.92 Å². The first-order chi connectivity index (χ1) is 15.1. The first-order valence-corrected chi connectivity index (χ1v) is 10.6. The van der Waals surface area contributed by atoms with Crippen molar-refractivity contribution in [2.24, 2.45) is 0 Å². The molecule has 0 aliphatic rings. The van der Waals surface area contributed by atoms with Gasteiger partial charge >= 0.3 is 17.1 Å². The van der Waals surface area contributed by atoms with Gasteiger partial charge in [-0.05, 0) is 46.7 Å². The lowest BCUT2D eigenvalue weighted by Gasteiger charge is -2.21. The Bertz CT molecular complexity index is 1240. The monoisotopic (exact) mass is 524 g/mol. The maximum absolute atomic E-state index is 14.7. The van der Waals surface area contributed by atoms with E-state index in [4.69, 9.17) is 5.11 Å². The number of thioether (sulfide) groups is 1. The first-order valence-electron chi connectivity index (χ1n) is 9.01. The summed E-state index contributed by atoms with van der Waals surface area (Å²) in [5.74, 6) is -3.53. The fourth-order valence-electron chi connectivity index (χ4n) is 2.96. The van der Waals surface area contributed by atoms with Crippen LogP contribution in [0.4, 0.5) is 8.78 Å². The van der Waals surface area contributed by atoms with Crippen LogP contribution in [0.1, 0.15) is 12.5 Å². The van der Waals surface area contributed by atoms with Crippen LogP contribution in [0.15, 0.2) is 52.4 Å². The zero-order valence-corrected chi connectivity index (χ0v) is 18.7. The highest BCUT2D eigenvalue weighted by Crippen LogP contribution is 2.39. The van der Waals surface area contributed by atoms with Crippen molar-refractivity contribution in [2.75, 3.05) is 0 Å². The molecule has 166 valence electrons.